The minimum absolute atomic E-state index is 0.781. The quantitative estimate of drug-likeness (QED) is 0.924. The largest absolute Gasteiger partial charge is 0.496 e. The fourth-order valence-electron chi connectivity index (χ4n) is 2.48. The third kappa shape index (κ3) is 3.02. The molecule has 1 saturated heterocycles. The number of halogens is 1. The Morgan fingerprint density at radius 2 is 2.06 bits per heavy atom. The molecule has 0 bridgehead atoms. The molecule has 1 aliphatic rings. The minimum atomic E-state index is 0.781. The van der Waals surface area contributed by atoms with Crippen molar-refractivity contribution in [1.82, 2.24) is 5.32 Å². The number of hydrogen-bond donors (Lipinski definition) is 1. The van der Waals surface area contributed by atoms with Gasteiger partial charge in [-0.25, -0.2) is 0 Å². The van der Waals surface area contributed by atoms with Crippen LogP contribution in [0.4, 0.5) is 0 Å². The zero-order valence-electron chi connectivity index (χ0n) is 10.6. The second-order valence-electron chi connectivity index (χ2n) is 4.77. The van der Waals surface area contributed by atoms with E-state index in [1.807, 2.05) is 0 Å². The predicted molar refractivity (Wildman–Crippen MR) is 74.7 cm³/mol. The second-order valence-corrected chi connectivity index (χ2v) is 5.57. The van der Waals surface area contributed by atoms with Crippen LogP contribution in [0, 0.1) is 12.8 Å². The summed E-state index contributed by atoms with van der Waals surface area (Å²) in [7, 11) is 1.75. The molecule has 94 valence electrons. The van der Waals surface area contributed by atoms with Crippen LogP contribution in [0.1, 0.15) is 24.0 Å². The first-order valence-electron chi connectivity index (χ1n) is 6.25. The van der Waals surface area contributed by atoms with Gasteiger partial charge in [0, 0.05) is 10.0 Å². The monoisotopic (exact) mass is 297 g/mol. The van der Waals surface area contributed by atoms with Crippen LogP contribution >= 0.6 is 15.9 Å². The van der Waals surface area contributed by atoms with Gasteiger partial charge in [-0.15, -0.1) is 0 Å². The molecule has 1 heterocycles. The molecule has 1 N–H and O–H groups in total. The van der Waals surface area contributed by atoms with Gasteiger partial charge in [-0.2, -0.15) is 0 Å². The lowest BCUT2D eigenvalue weighted by atomic mass is 9.90. The van der Waals surface area contributed by atoms with E-state index in [2.05, 4.69) is 40.3 Å². The molecule has 2 nitrogen and oxygen atoms in total. The molecule has 0 amide bonds. The van der Waals surface area contributed by atoms with Crippen LogP contribution in [0.3, 0.4) is 0 Å². The molecule has 0 aliphatic carbocycles. The highest BCUT2D eigenvalue weighted by Gasteiger charge is 2.18. The zero-order valence-corrected chi connectivity index (χ0v) is 12.1. The molecule has 1 fully saturated rings. The number of methoxy groups -OCH3 is 1. The smallest absolute Gasteiger partial charge is 0.123 e. The van der Waals surface area contributed by atoms with Crippen LogP contribution in [0.5, 0.6) is 5.75 Å². The topological polar surface area (TPSA) is 21.3 Å². The van der Waals surface area contributed by atoms with Gasteiger partial charge in [-0.1, -0.05) is 22.0 Å². The molecular weight excluding hydrogens is 278 g/mol. The van der Waals surface area contributed by atoms with Crippen molar-refractivity contribution < 1.29 is 4.74 Å². The van der Waals surface area contributed by atoms with Gasteiger partial charge in [0.1, 0.15) is 5.75 Å². The molecule has 0 atom stereocenters. The van der Waals surface area contributed by atoms with Crippen LogP contribution in [0.2, 0.25) is 0 Å². The lowest BCUT2D eigenvalue weighted by Gasteiger charge is -2.24. The Morgan fingerprint density at radius 3 is 2.71 bits per heavy atom. The highest BCUT2D eigenvalue weighted by atomic mass is 79.9. The summed E-state index contributed by atoms with van der Waals surface area (Å²) in [5.74, 6) is 1.80. The summed E-state index contributed by atoms with van der Waals surface area (Å²) in [5, 5.41) is 3.41. The van der Waals surface area contributed by atoms with Crippen molar-refractivity contribution in [3.05, 3.63) is 27.7 Å². The fourth-order valence-corrected chi connectivity index (χ4v) is 2.97. The summed E-state index contributed by atoms with van der Waals surface area (Å²) in [6.45, 7) is 4.43. The van der Waals surface area contributed by atoms with E-state index in [0.29, 0.717) is 0 Å². The molecule has 0 aromatic heterocycles. The van der Waals surface area contributed by atoms with E-state index in [4.69, 9.17) is 4.74 Å². The van der Waals surface area contributed by atoms with E-state index < -0.39 is 0 Å². The Kier molecular flexibility index (Phi) is 4.46. The molecule has 17 heavy (non-hydrogen) atoms. The number of rotatable bonds is 3. The SMILES string of the molecule is COc1ccc(C)c(Br)c1CC1CCNCC1. The summed E-state index contributed by atoms with van der Waals surface area (Å²) in [5.41, 5.74) is 2.62. The van der Waals surface area contributed by atoms with E-state index in [1.54, 1.807) is 7.11 Å². The minimum Gasteiger partial charge on any atom is -0.496 e. The molecule has 0 unspecified atom stereocenters. The summed E-state index contributed by atoms with van der Waals surface area (Å²) in [6.07, 6.45) is 3.65. The molecule has 0 spiro atoms. The van der Waals surface area contributed by atoms with Crippen molar-refractivity contribution in [2.24, 2.45) is 5.92 Å². The number of benzene rings is 1. The molecule has 1 aliphatic heterocycles. The van der Waals surface area contributed by atoms with Crippen LogP contribution in [-0.2, 0) is 6.42 Å². The van der Waals surface area contributed by atoms with Gasteiger partial charge in [0.05, 0.1) is 7.11 Å². The molecule has 0 radical (unpaired) electrons. The molecule has 0 saturated carbocycles. The predicted octanol–water partition coefficient (Wildman–Crippen LogP) is 3.31. The molecule has 1 aromatic carbocycles. The zero-order chi connectivity index (χ0) is 12.3. The lowest BCUT2D eigenvalue weighted by Crippen LogP contribution is -2.28. The van der Waals surface area contributed by atoms with Crippen LogP contribution in [-0.4, -0.2) is 20.2 Å². The van der Waals surface area contributed by atoms with Gasteiger partial charge >= 0.3 is 0 Å². The number of aryl methyl sites for hydroxylation is 1. The first-order valence-corrected chi connectivity index (χ1v) is 7.04. The first-order chi connectivity index (χ1) is 8.22. The van der Waals surface area contributed by atoms with Crippen LogP contribution in [0.25, 0.3) is 0 Å². The maximum atomic E-state index is 5.48. The molecule has 1 aromatic rings. The van der Waals surface area contributed by atoms with Crippen molar-refractivity contribution in [3.63, 3.8) is 0 Å². The van der Waals surface area contributed by atoms with E-state index in [0.717, 1.165) is 31.2 Å². The van der Waals surface area contributed by atoms with Gasteiger partial charge in [-0.05, 0) is 56.8 Å². The van der Waals surface area contributed by atoms with Gasteiger partial charge in [0.2, 0.25) is 0 Å². The van der Waals surface area contributed by atoms with Gasteiger partial charge in [-0.3, -0.25) is 0 Å². The highest BCUT2D eigenvalue weighted by molar-refractivity contribution is 9.10. The summed E-state index contributed by atoms with van der Waals surface area (Å²) < 4.78 is 6.70. The molecular formula is C14H20BrNO. The van der Waals surface area contributed by atoms with Crippen LogP contribution < -0.4 is 10.1 Å². The van der Waals surface area contributed by atoms with Crippen LogP contribution in [0.15, 0.2) is 16.6 Å². The van der Waals surface area contributed by atoms with Crippen molar-refractivity contribution in [2.75, 3.05) is 20.2 Å². The highest BCUT2D eigenvalue weighted by Crippen LogP contribution is 2.33. The summed E-state index contributed by atoms with van der Waals surface area (Å²) >= 11 is 3.70. The molecule has 3 heteroatoms. The van der Waals surface area contributed by atoms with E-state index >= 15 is 0 Å². The maximum Gasteiger partial charge on any atom is 0.123 e. The van der Waals surface area contributed by atoms with Gasteiger partial charge in [0.25, 0.3) is 0 Å². The Morgan fingerprint density at radius 1 is 1.35 bits per heavy atom. The summed E-state index contributed by atoms with van der Waals surface area (Å²) in [4.78, 5) is 0. The van der Waals surface area contributed by atoms with Crippen molar-refractivity contribution in [1.29, 1.82) is 0 Å². The lowest BCUT2D eigenvalue weighted by molar-refractivity contribution is 0.360. The third-order valence-corrected chi connectivity index (χ3v) is 4.67. The Labute approximate surface area is 112 Å². The van der Waals surface area contributed by atoms with Gasteiger partial charge in [0.15, 0.2) is 0 Å². The van der Waals surface area contributed by atoms with Crippen molar-refractivity contribution in [2.45, 2.75) is 26.2 Å². The van der Waals surface area contributed by atoms with E-state index in [9.17, 15) is 0 Å². The third-order valence-electron chi connectivity index (χ3n) is 3.56. The van der Waals surface area contributed by atoms with Crippen molar-refractivity contribution >= 4 is 15.9 Å². The maximum absolute atomic E-state index is 5.48. The standard InChI is InChI=1S/C14H20BrNO/c1-10-3-4-13(17-2)12(14(10)15)9-11-5-7-16-8-6-11/h3-4,11,16H,5-9H2,1-2H3. The summed E-state index contributed by atoms with van der Waals surface area (Å²) in [6, 6.07) is 4.19. The Bertz CT molecular complexity index is 386. The normalized spacial score (nSPS) is 17.1. The van der Waals surface area contributed by atoms with Gasteiger partial charge < -0.3 is 10.1 Å². The van der Waals surface area contributed by atoms with Crippen molar-refractivity contribution in [3.8, 4) is 5.75 Å². The number of hydrogen-bond acceptors (Lipinski definition) is 2. The second kappa shape index (κ2) is 5.87. The van der Waals surface area contributed by atoms with E-state index in [-0.39, 0.29) is 0 Å². The average Bonchev–Trinajstić information content (AvgIpc) is 2.37. The number of ether oxygens (including phenoxy) is 1. The number of piperidine rings is 1. The number of nitrogens with one attached hydrogen (secondary N) is 1. The molecule has 2 rings (SSSR count). The fraction of sp³-hybridized carbons (Fsp3) is 0.571. The average molecular weight is 298 g/mol. The first kappa shape index (κ1) is 12.9. The van der Waals surface area contributed by atoms with E-state index in [1.165, 1.54) is 28.4 Å². The Hall–Kier alpha value is -0.540. The Balaban J connectivity index is 2.20.